The molecule has 20 heavy (non-hydrogen) atoms. The number of hydrogen-bond acceptors (Lipinski definition) is 2. The van der Waals surface area contributed by atoms with Crippen molar-refractivity contribution in [3.8, 4) is 0 Å². The molecule has 1 aromatic heterocycles. The van der Waals surface area contributed by atoms with E-state index in [1.807, 2.05) is 0 Å². The first kappa shape index (κ1) is 13.6. The van der Waals surface area contributed by atoms with E-state index in [0.29, 0.717) is 6.04 Å². The Morgan fingerprint density at radius 1 is 1.30 bits per heavy atom. The molecule has 0 bridgehead atoms. The molecule has 1 aromatic carbocycles. The van der Waals surface area contributed by atoms with Crippen molar-refractivity contribution in [1.82, 2.24) is 14.9 Å². The van der Waals surface area contributed by atoms with Gasteiger partial charge >= 0.3 is 0 Å². The largest absolute Gasteiger partial charge is 0.328 e. The summed E-state index contributed by atoms with van der Waals surface area (Å²) in [7, 11) is 2.10. The van der Waals surface area contributed by atoms with Crippen molar-refractivity contribution in [3.63, 3.8) is 0 Å². The molecule has 0 amide bonds. The van der Waals surface area contributed by atoms with Gasteiger partial charge < -0.3 is 9.88 Å². The summed E-state index contributed by atoms with van der Waals surface area (Å²) in [6.07, 6.45) is 6.27. The van der Waals surface area contributed by atoms with Gasteiger partial charge in [-0.3, -0.25) is 0 Å². The monoisotopic (exact) mass is 271 g/mol. The summed E-state index contributed by atoms with van der Waals surface area (Å²) in [5.74, 6) is 2.02. The highest BCUT2D eigenvalue weighted by Crippen LogP contribution is 2.29. The average molecular weight is 271 g/mol. The lowest BCUT2D eigenvalue weighted by Gasteiger charge is -2.19. The Morgan fingerprint density at radius 2 is 2.15 bits per heavy atom. The number of hydrogen-bond donors (Lipinski definition) is 1. The molecule has 2 aromatic rings. The maximum absolute atomic E-state index is 4.90. The van der Waals surface area contributed by atoms with E-state index in [-0.39, 0.29) is 0 Å². The molecule has 1 aliphatic rings. The van der Waals surface area contributed by atoms with Gasteiger partial charge in [-0.25, -0.2) is 4.98 Å². The molecule has 3 heteroatoms. The second-order valence-corrected chi connectivity index (χ2v) is 5.96. The van der Waals surface area contributed by atoms with Crippen LogP contribution in [0.1, 0.15) is 38.4 Å². The molecular weight excluding hydrogens is 246 g/mol. The van der Waals surface area contributed by atoms with E-state index >= 15 is 0 Å². The van der Waals surface area contributed by atoms with Crippen LogP contribution >= 0.6 is 0 Å². The van der Waals surface area contributed by atoms with Gasteiger partial charge in [-0.1, -0.05) is 25.5 Å². The lowest BCUT2D eigenvalue weighted by atomic mass is 9.99. The maximum Gasteiger partial charge on any atom is 0.110 e. The molecule has 3 nitrogen and oxygen atoms in total. The van der Waals surface area contributed by atoms with Crippen molar-refractivity contribution in [2.45, 2.75) is 51.6 Å². The minimum atomic E-state index is 0.671. The number of fused-ring (bicyclic) bond motifs is 1. The van der Waals surface area contributed by atoms with Crippen molar-refractivity contribution in [1.29, 1.82) is 0 Å². The smallest absolute Gasteiger partial charge is 0.110 e. The van der Waals surface area contributed by atoms with Gasteiger partial charge in [0, 0.05) is 19.0 Å². The number of imidazole rings is 1. The Morgan fingerprint density at radius 3 is 2.95 bits per heavy atom. The minimum Gasteiger partial charge on any atom is -0.328 e. The first-order chi connectivity index (χ1) is 9.83. The van der Waals surface area contributed by atoms with E-state index in [2.05, 4.69) is 48.1 Å². The van der Waals surface area contributed by atoms with Gasteiger partial charge in [-0.05, 0) is 44.4 Å². The predicted molar refractivity (Wildman–Crippen MR) is 83.9 cm³/mol. The Bertz CT molecular complexity index is 573. The van der Waals surface area contributed by atoms with Crippen LogP contribution in [-0.4, -0.2) is 22.6 Å². The van der Waals surface area contributed by atoms with E-state index in [9.17, 15) is 0 Å². The molecule has 3 rings (SSSR count). The molecule has 0 radical (unpaired) electrons. The SMILES string of the molecule is CCCn1c(CC2CCCC2NC)nc2ccccc21. The number of para-hydroxylation sites is 2. The molecule has 2 unspecified atom stereocenters. The number of aromatic nitrogens is 2. The zero-order valence-electron chi connectivity index (χ0n) is 12.6. The first-order valence-corrected chi connectivity index (χ1v) is 7.95. The van der Waals surface area contributed by atoms with Crippen LogP contribution in [0.25, 0.3) is 11.0 Å². The molecule has 1 N–H and O–H groups in total. The molecule has 1 saturated carbocycles. The third kappa shape index (κ3) is 2.47. The van der Waals surface area contributed by atoms with Gasteiger partial charge in [0.25, 0.3) is 0 Å². The van der Waals surface area contributed by atoms with Crippen LogP contribution in [0.3, 0.4) is 0 Å². The van der Waals surface area contributed by atoms with Crippen LogP contribution in [0, 0.1) is 5.92 Å². The van der Waals surface area contributed by atoms with Crippen LogP contribution in [0.4, 0.5) is 0 Å². The third-order valence-corrected chi connectivity index (χ3v) is 4.66. The number of aryl methyl sites for hydroxylation is 1. The van der Waals surface area contributed by atoms with Crippen LogP contribution in [0.15, 0.2) is 24.3 Å². The van der Waals surface area contributed by atoms with Gasteiger partial charge in [-0.15, -0.1) is 0 Å². The molecule has 108 valence electrons. The van der Waals surface area contributed by atoms with Crippen LogP contribution in [0.2, 0.25) is 0 Å². The van der Waals surface area contributed by atoms with Gasteiger partial charge in [0.1, 0.15) is 5.82 Å². The van der Waals surface area contributed by atoms with E-state index in [4.69, 9.17) is 4.98 Å². The quantitative estimate of drug-likeness (QED) is 0.903. The van der Waals surface area contributed by atoms with E-state index < -0.39 is 0 Å². The standard InChI is InChI=1S/C17H25N3/c1-3-11-20-16-10-5-4-8-15(16)19-17(20)12-13-7-6-9-14(13)18-2/h4-5,8,10,13-14,18H,3,6-7,9,11-12H2,1-2H3. The highest BCUT2D eigenvalue weighted by Gasteiger charge is 2.27. The van der Waals surface area contributed by atoms with Crippen LogP contribution in [0.5, 0.6) is 0 Å². The van der Waals surface area contributed by atoms with Crippen molar-refractivity contribution in [3.05, 3.63) is 30.1 Å². The first-order valence-electron chi connectivity index (χ1n) is 7.95. The van der Waals surface area contributed by atoms with E-state index in [1.165, 1.54) is 30.6 Å². The second-order valence-electron chi connectivity index (χ2n) is 5.96. The summed E-state index contributed by atoms with van der Waals surface area (Å²) in [4.78, 5) is 4.90. The fourth-order valence-corrected chi connectivity index (χ4v) is 3.65. The molecule has 0 spiro atoms. The number of nitrogens with one attached hydrogen (secondary N) is 1. The van der Waals surface area contributed by atoms with Crippen LogP contribution < -0.4 is 5.32 Å². The molecule has 0 saturated heterocycles. The molecule has 1 aliphatic carbocycles. The summed E-state index contributed by atoms with van der Waals surface area (Å²) in [6.45, 7) is 3.32. The van der Waals surface area contributed by atoms with Crippen molar-refractivity contribution in [2.75, 3.05) is 7.05 Å². The fraction of sp³-hybridized carbons (Fsp3) is 0.588. The molecular formula is C17H25N3. The van der Waals surface area contributed by atoms with Gasteiger partial charge in [0.05, 0.1) is 11.0 Å². The third-order valence-electron chi connectivity index (χ3n) is 4.66. The lowest BCUT2D eigenvalue weighted by Crippen LogP contribution is -2.30. The molecule has 2 atom stereocenters. The van der Waals surface area contributed by atoms with Gasteiger partial charge in [-0.2, -0.15) is 0 Å². The maximum atomic E-state index is 4.90. The zero-order chi connectivity index (χ0) is 13.9. The Labute approximate surface area is 121 Å². The summed E-state index contributed by atoms with van der Waals surface area (Å²) in [5.41, 5.74) is 2.44. The van der Waals surface area contributed by atoms with Crippen LogP contribution in [-0.2, 0) is 13.0 Å². The number of benzene rings is 1. The summed E-state index contributed by atoms with van der Waals surface area (Å²) in [5, 5.41) is 3.48. The van der Waals surface area contributed by atoms with Crippen molar-refractivity contribution >= 4 is 11.0 Å². The minimum absolute atomic E-state index is 0.671. The normalized spacial score (nSPS) is 22.7. The molecule has 0 aliphatic heterocycles. The number of rotatable bonds is 5. The van der Waals surface area contributed by atoms with E-state index in [1.54, 1.807) is 0 Å². The van der Waals surface area contributed by atoms with Gasteiger partial charge in [0.15, 0.2) is 0 Å². The Balaban J connectivity index is 1.91. The zero-order valence-corrected chi connectivity index (χ0v) is 12.6. The molecule has 1 heterocycles. The summed E-state index contributed by atoms with van der Waals surface area (Å²) >= 11 is 0. The Hall–Kier alpha value is -1.35. The molecule has 1 fully saturated rings. The summed E-state index contributed by atoms with van der Waals surface area (Å²) < 4.78 is 2.43. The summed E-state index contributed by atoms with van der Waals surface area (Å²) in [6, 6.07) is 9.21. The van der Waals surface area contributed by atoms with Gasteiger partial charge in [0.2, 0.25) is 0 Å². The highest BCUT2D eigenvalue weighted by atomic mass is 15.1. The average Bonchev–Trinajstić information content (AvgIpc) is 3.05. The predicted octanol–water partition coefficient (Wildman–Crippen LogP) is 3.38. The van der Waals surface area contributed by atoms with Crippen molar-refractivity contribution < 1.29 is 0 Å². The second kappa shape index (κ2) is 5.96. The topological polar surface area (TPSA) is 29.9 Å². The fourth-order valence-electron chi connectivity index (χ4n) is 3.65. The number of nitrogens with zero attached hydrogens (tertiary/aromatic N) is 2. The Kier molecular flexibility index (Phi) is 4.06. The van der Waals surface area contributed by atoms with E-state index in [0.717, 1.165) is 30.8 Å². The lowest BCUT2D eigenvalue weighted by molar-refractivity contribution is 0.410. The van der Waals surface area contributed by atoms with Crippen molar-refractivity contribution in [2.24, 2.45) is 5.92 Å². The highest BCUT2D eigenvalue weighted by molar-refractivity contribution is 5.75.